The highest BCUT2D eigenvalue weighted by Crippen LogP contribution is 2.24. The molecule has 1 aromatic carbocycles. The van der Waals surface area contributed by atoms with Gasteiger partial charge in [-0.3, -0.25) is 4.79 Å². The number of aryl methyl sites for hydroxylation is 1. The van der Waals surface area contributed by atoms with Crippen LogP contribution < -0.4 is 10.2 Å². The predicted molar refractivity (Wildman–Crippen MR) is 110 cm³/mol. The van der Waals surface area contributed by atoms with Gasteiger partial charge >= 0.3 is 0 Å². The molecule has 6 nitrogen and oxygen atoms in total. The number of nitrogens with zero attached hydrogens (tertiary/aromatic N) is 4. The Bertz CT molecular complexity index is 931. The molecule has 0 spiro atoms. The number of pyridine rings is 1. The molecule has 1 N–H and O–H groups in total. The number of thioether (sulfide) groups is 1. The lowest BCUT2D eigenvalue weighted by molar-refractivity contribution is -0.113. The summed E-state index contributed by atoms with van der Waals surface area (Å²) in [4.78, 5) is 23.7. The number of hydrogen-bond acceptors (Lipinski definition) is 5. The third-order valence-corrected chi connectivity index (χ3v) is 5.71. The second-order valence-corrected chi connectivity index (χ2v) is 7.51. The molecule has 1 aliphatic heterocycles. The molecule has 27 heavy (non-hydrogen) atoms. The molecule has 1 saturated heterocycles. The third-order valence-electron chi connectivity index (χ3n) is 4.73. The van der Waals surface area contributed by atoms with E-state index in [1.54, 1.807) is 6.20 Å². The van der Waals surface area contributed by atoms with E-state index in [1.807, 2.05) is 30.3 Å². The standard InChI is InChI=1S/C20H23N5OS/c1-2-25-17-8-4-3-7-16(17)23-20(25)27-14-19(26)22-15-9-10-18(21-13-15)24-11-5-6-12-24/h3-4,7-10,13H,2,5-6,11-12,14H2,1H3,(H,22,26). The zero-order chi connectivity index (χ0) is 18.6. The van der Waals surface area contributed by atoms with E-state index in [0.717, 1.165) is 47.3 Å². The first-order valence-electron chi connectivity index (χ1n) is 9.33. The Labute approximate surface area is 163 Å². The summed E-state index contributed by atoms with van der Waals surface area (Å²) in [6, 6.07) is 11.9. The number of amides is 1. The van der Waals surface area contributed by atoms with Crippen molar-refractivity contribution in [3.63, 3.8) is 0 Å². The predicted octanol–water partition coefficient (Wildman–Crippen LogP) is 3.78. The summed E-state index contributed by atoms with van der Waals surface area (Å²) < 4.78 is 2.14. The molecule has 0 atom stereocenters. The van der Waals surface area contributed by atoms with Crippen LogP contribution in [-0.4, -0.2) is 39.3 Å². The van der Waals surface area contributed by atoms with E-state index in [9.17, 15) is 4.79 Å². The maximum Gasteiger partial charge on any atom is 0.234 e. The molecule has 3 aromatic rings. The summed E-state index contributed by atoms with van der Waals surface area (Å²) in [5, 5.41) is 3.80. The molecule has 1 amide bonds. The van der Waals surface area contributed by atoms with Gasteiger partial charge in [-0.15, -0.1) is 0 Å². The van der Waals surface area contributed by atoms with Crippen molar-refractivity contribution in [3.05, 3.63) is 42.6 Å². The molecular formula is C20H23N5OS. The summed E-state index contributed by atoms with van der Waals surface area (Å²) in [5.41, 5.74) is 2.79. The first-order valence-corrected chi connectivity index (χ1v) is 10.3. The van der Waals surface area contributed by atoms with Crippen LogP contribution in [0.2, 0.25) is 0 Å². The molecule has 0 saturated carbocycles. The average Bonchev–Trinajstić information content (AvgIpc) is 3.34. The van der Waals surface area contributed by atoms with Crippen LogP contribution in [0, 0.1) is 0 Å². The Morgan fingerprint density at radius 3 is 2.74 bits per heavy atom. The van der Waals surface area contributed by atoms with Gasteiger partial charge in [-0.25, -0.2) is 9.97 Å². The molecule has 0 radical (unpaired) electrons. The molecule has 7 heteroatoms. The summed E-state index contributed by atoms with van der Waals surface area (Å²) in [5.74, 6) is 1.25. The second-order valence-electron chi connectivity index (χ2n) is 6.56. The number of rotatable bonds is 6. The lowest BCUT2D eigenvalue weighted by Gasteiger charge is -2.16. The largest absolute Gasteiger partial charge is 0.357 e. The summed E-state index contributed by atoms with van der Waals surface area (Å²) >= 11 is 1.46. The van der Waals surface area contributed by atoms with Gasteiger partial charge in [0.25, 0.3) is 0 Å². The molecule has 3 heterocycles. The number of aromatic nitrogens is 3. The number of nitrogens with one attached hydrogen (secondary N) is 1. The first kappa shape index (κ1) is 17.9. The second kappa shape index (κ2) is 8.00. The molecule has 0 unspecified atom stereocenters. The highest BCUT2D eigenvalue weighted by molar-refractivity contribution is 7.99. The van der Waals surface area contributed by atoms with Gasteiger partial charge in [0, 0.05) is 19.6 Å². The Kier molecular flexibility index (Phi) is 5.29. The minimum absolute atomic E-state index is 0.0505. The number of carbonyl (C=O) groups is 1. The van der Waals surface area contributed by atoms with Gasteiger partial charge in [0.1, 0.15) is 5.82 Å². The first-order chi connectivity index (χ1) is 13.2. The van der Waals surface area contributed by atoms with Crippen molar-refractivity contribution in [2.75, 3.05) is 29.1 Å². The topological polar surface area (TPSA) is 63.1 Å². The number of carbonyl (C=O) groups excluding carboxylic acids is 1. The molecule has 1 aliphatic rings. The van der Waals surface area contributed by atoms with Crippen molar-refractivity contribution < 1.29 is 4.79 Å². The Balaban J connectivity index is 1.37. The van der Waals surface area contributed by atoms with Gasteiger partial charge in [0.15, 0.2) is 5.16 Å². The number of imidazole rings is 1. The number of hydrogen-bond donors (Lipinski definition) is 1. The number of anilines is 2. The molecule has 0 aliphatic carbocycles. The van der Waals surface area contributed by atoms with Gasteiger partial charge in [0.2, 0.25) is 5.91 Å². The van der Waals surface area contributed by atoms with Gasteiger partial charge in [-0.2, -0.15) is 0 Å². The van der Waals surface area contributed by atoms with Crippen LogP contribution in [0.15, 0.2) is 47.8 Å². The van der Waals surface area contributed by atoms with Crippen LogP contribution in [0.1, 0.15) is 19.8 Å². The van der Waals surface area contributed by atoms with Crippen LogP contribution in [0.4, 0.5) is 11.5 Å². The van der Waals surface area contributed by atoms with Gasteiger partial charge in [0.05, 0.1) is 28.7 Å². The summed E-state index contributed by atoms with van der Waals surface area (Å²) in [6.07, 6.45) is 4.18. The van der Waals surface area contributed by atoms with Crippen LogP contribution in [0.5, 0.6) is 0 Å². The van der Waals surface area contributed by atoms with Gasteiger partial charge in [-0.05, 0) is 44.0 Å². The van der Waals surface area contributed by atoms with Gasteiger partial charge in [-0.1, -0.05) is 23.9 Å². The monoisotopic (exact) mass is 381 g/mol. The van der Waals surface area contributed by atoms with E-state index >= 15 is 0 Å². The molecule has 140 valence electrons. The summed E-state index contributed by atoms with van der Waals surface area (Å²) in [6.45, 7) is 5.04. The van der Waals surface area contributed by atoms with Crippen molar-refractivity contribution in [1.29, 1.82) is 0 Å². The quantitative estimate of drug-likeness (QED) is 0.659. The fourth-order valence-electron chi connectivity index (χ4n) is 3.39. The fourth-order valence-corrected chi connectivity index (χ4v) is 4.27. The minimum atomic E-state index is -0.0505. The number of fused-ring (bicyclic) bond motifs is 1. The van der Waals surface area contributed by atoms with E-state index in [1.165, 1.54) is 24.6 Å². The third kappa shape index (κ3) is 3.93. The van der Waals surface area contributed by atoms with Crippen molar-refractivity contribution in [2.45, 2.75) is 31.5 Å². The highest BCUT2D eigenvalue weighted by atomic mass is 32.2. The molecule has 1 fully saturated rings. The number of para-hydroxylation sites is 2. The SMILES string of the molecule is CCn1c(SCC(=O)Nc2ccc(N3CCCC3)nc2)nc2ccccc21. The Morgan fingerprint density at radius 2 is 2.00 bits per heavy atom. The van der Waals surface area contributed by atoms with E-state index in [0.29, 0.717) is 5.75 Å². The zero-order valence-electron chi connectivity index (χ0n) is 15.4. The van der Waals surface area contributed by atoms with Crippen molar-refractivity contribution in [1.82, 2.24) is 14.5 Å². The van der Waals surface area contributed by atoms with E-state index in [-0.39, 0.29) is 5.91 Å². The summed E-state index contributed by atoms with van der Waals surface area (Å²) in [7, 11) is 0. The van der Waals surface area contributed by atoms with Crippen molar-refractivity contribution in [2.24, 2.45) is 0 Å². The Morgan fingerprint density at radius 1 is 1.19 bits per heavy atom. The van der Waals surface area contributed by atoms with E-state index in [2.05, 4.69) is 37.7 Å². The fraction of sp³-hybridized carbons (Fsp3) is 0.350. The normalized spacial score (nSPS) is 14.0. The smallest absolute Gasteiger partial charge is 0.234 e. The van der Waals surface area contributed by atoms with E-state index in [4.69, 9.17) is 0 Å². The highest BCUT2D eigenvalue weighted by Gasteiger charge is 2.14. The van der Waals surface area contributed by atoms with Crippen molar-refractivity contribution in [3.8, 4) is 0 Å². The number of benzene rings is 1. The average molecular weight is 382 g/mol. The van der Waals surface area contributed by atoms with E-state index < -0.39 is 0 Å². The van der Waals surface area contributed by atoms with Crippen LogP contribution >= 0.6 is 11.8 Å². The molecule has 4 rings (SSSR count). The van der Waals surface area contributed by atoms with Crippen LogP contribution in [0.3, 0.4) is 0 Å². The van der Waals surface area contributed by atoms with Crippen molar-refractivity contribution >= 4 is 40.2 Å². The van der Waals surface area contributed by atoms with Crippen LogP contribution in [0.25, 0.3) is 11.0 Å². The van der Waals surface area contributed by atoms with Crippen LogP contribution in [-0.2, 0) is 11.3 Å². The maximum atomic E-state index is 12.3. The Hall–Kier alpha value is -2.54. The molecular weight excluding hydrogens is 358 g/mol. The van der Waals surface area contributed by atoms with Gasteiger partial charge < -0.3 is 14.8 Å². The minimum Gasteiger partial charge on any atom is -0.357 e. The maximum absolute atomic E-state index is 12.3. The lowest BCUT2D eigenvalue weighted by Crippen LogP contribution is -2.19. The molecule has 2 aromatic heterocycles. The lowest BCUT2D eigenvalue weighted by atomic mass is 10.3. The zero-order valence-corrected chi connectivity index (χ0v) is 16.2. The molecule has 0 bridgehead atoms.